The van der Waals surface area contributed by atoms with Crippen LogP contribution < -0.4 is 0 Å². The van der Waals surface area contributed by atoms with E-state index in [1.807, 2.05) is 27.0 Å². The molecule has 0 unspecified atom stereocenters. The van der Waals surface area contributed by atoms with Crippen molar-refractivity contribution in [2.75, 3.05) is 0 Å². The largest absolute Gasteiger partial charge is 0.331 e. The van der Waals surface area contributed by atoms with E-state index in [9.17, 15) is 0 Å². The number of hydrogen-bond acceptors (Lipinski definition) is 1. The Hall–Kier alpha value is -1.02. The summed E-state index contributed by atoms with van der Waals surface area (Å²) in [7, 11) is 2.01. The minimum atomic E-state index is 0.818. The molecule has 74 valence electrons. The number of hydrogen-bond donors (Lipinski definition) is 0. The molecule has 0 radical (unpaired) electrons. The highest BCUT2D eigenvalue weighted by Gasteiger charge is 2.10. The van der Waals surface area contributed by atoms with Crippen LogP contribution in [0.1, 0.15) is 17.0 Å². The first kappa shape index (κ1) is 9.53. The van der Waals surface area contributed by atoms with E-state index in [2.05, 4.69) is 16.5 Å². The van der Waals surface area contributed by atoms with Gasteiger partial charge in [-0.2, -0.15) is 0 Å². The molecule has 0 aliphatic heterocycles. The molecule has 0 amide bonds. The number of aromatic nitrogens is 2. The highest BCUT2D eigenvalue weighted by Crippen LogP contribution is 2.27. The molecule has 3 heteroatoms. The predicted octanol–water partition coefficient (Wildman–Crippen LogP) is 3.15. The molecule has 14 heavy (non-hydrogen) atoms. The van der Waals surface area contributed by atoms with Crippen LogP contribution in [0.25, 0.3) is 11.0 Å². The van der Waals surface area contributed by atoms with Crippen molar-refractivity contribution < 1.29 is 0 Å². The van der Waals surface area contributed by atoms with Gasteiger partial charge >= 0.3 is 0 Å². The Bertz CT molecular complexity index is 512. The quantitative estimate of drug-likeness (QED) is 0.651. The van der Waals surface area contributed by atoms with Crippen molar-refractivity contribution in [3.63, 3.8) is 0 Å². The summed E-state index contributed by atoms with van der Waals surface area (Å²) in [6, 6.07) is 1.99. The van der Waals surface area contributed by atoms with E-state index in [0.29, 0.717) is 0 Å². The van der Waals surface area contributed by atoms with Gasteiger partial charge in [-0.15, -0.1) is 0 Å². The summed E-state index contributed by atoms with van der Waals surface area (Å²) in [4.78, 5) is 4.52. The number of imidazole rings is 1. The molecule has 0 atom stereocenters. The molecule has 0 aliphatic carbocycles. The zero-order valence-electron chi connectivity index (χ0n) is 8.85. The average molecular weight is 209 g/mol. The fraction of sp³-hybridized carbons (Fsp3) is 0.364. The third kappa shape index (κ3) is 1.14. The molecule has 1 aromatic heterocycles. The summed E-state index contributed by atoms with van der Waals surface area (Å²) in [6.45, 7) is 6.10. The summed E-state index contributed by atoms with van der Waals surface area (Å²) in [5.41, 5.74) is 4.47. The number of halogens is 1. The van der Waals surface area contributed by atoms with Crippen LogP contribution in [0, 0.1) is 20.8 Å². The fourth-order valence-electron chi connectivity index (χ4n) is 1.65. The third-order valence-corrected chi connectivity index (χ3v) is 3.29. The van der Waals surface area contributed by atoms with Gasteiger partial charge in [-0.25, -0.2) is 4.98 Å². The van der Waals surface area contributed by atoms with Gasteiger partial charge in [0.25, 0.3) is 0 Å². The zero-order chi connectivity index (χ0) is 10.5. The molecule has 0 bridgehead atoms. The second kappa shape index (κ2) is 2.99. The second-order valence-electron chi connectivity index (χ2n) is 3.69. The van der Waals surface area contributed by atoms with Gasteiger partial charge in [0, 0.05) is 12.1 Å². The lowest BCUT2D eigenvalue weighted by molar-refractivity contribution is 0.886. The topological polar surface area (TPSA) is 17.8 Å². The van der Waals surface area contributed by atoms with Crippen molar-refractivity contribution in [1.82, 2.24) is 9.55 Å². The molecule has 0 saturated heterocycles. The van der Waals surface area contributed by atoms with Gasteiger partial charge in [0.2, 0.25) is 0 Å². The Morgan fingerprint density at radius 2 is 1.86 bits per heavy atom. The van der Waals surface area contributed by atoms with E-state index in [-0.39, 0.29) is 0 Å². The van der Waals surface area contributed by atoms with Crippen LogP contribution in [0.4, 0.5) is 0 Å². The van der Waals surface area contributed by atoms with Gasteiger partial charge in [-0.1, -0.05) is 11.6 Å². The first-order chi connectivity index (χ1) is 6.52. The third-order valence-electron chi connectivity index (χ3n) is 2.90. The lowest BCUT2D eigenvalue weighted by Crippen LogP contribution is -1.91. The minimum absolute atomic E-state index is 0.818. The van der Waals surface area contributed by atoms with E-state index < -0.39 is 0 Å². The first-order valence-electron chi connectivity index (χ1n) is 4.61. The summed E-state index contributed by atoms with van der Waals surface area (Å²) in [5.74, 6) is 1.02. The number of aryl methyl sites for hydroxylation is 3. The monoisotopic (exact) mass is 208 g/mol. The first-order valence-corrected chi connectivity index (χ1v) is 4.99. The average Bonchev–Trinajstić information content (AvgIpc) is 2.42. The van der Waals surface area contributed by atoms with E-state index in [1.54, 1.807) is 0 Å². The highest BCUT2D eigenvalue weighted by molar-refractivity contribution is 6.32. The molecule has 2 aromatic rings. The normalized spacial score (nSPS) is 11.2. The van der Waals surface area contributed by atoms with E-state index in [0.717, 1.165) is 27.4 Å². The SMILES string of the molecule is Cc1c(Cl)cc2c(nc(C)n2C)c1C. The van der Waals surface area contributed by atoms with Crippen LogP contribution in [0.5, 0.6) is 0 Å². The fourth-order valence-corrected chi connectivity index (χ4v) is 1.90. The predicted molar refractivity (Wildman–Crippen MR) is 59.9 cm³/mol. The maximum atomic E-state index is 6.13. The molecule has 0 aliphatic rings. The molecule has 0 N–H and O–H groups in total. The molecular weight excluding hydrogens is 196 g/mol. The maximum Gasteiger partial charge on any atom is 0.106 e. The molecule has 0 spiro atoms. The van der Waals surface area contributed by atoms with Gasteiger partial charge in [-0.3, -0.25) is 0 Å². The summed E-state index contributed by atoms with van der Waals surface area (Å²) in [6.07, 6.45) is 0. The minimum Gasteiger partial charge on any atom is -0.331 e. The molecule has 0 saturated carbocycles. The summed E-state index contributed by atoms with van der Waals surface area (Å²) < 4.78 is 2.06. The molecule has 2 nitrogen and oxygen atoms in total. The molecule has 2 rings (SSSR count). The van der Waals surface area contributed by atoms with Crippen molar-refractivity contribution in [3.8, 4) is 0 Å². The van der Waals surface area contributed by atoms with Gasteiger partial charge in [0.1, 0.15) is 5.82 Å². The van der Waals surface area contributed by atoms with Crippen LogP contribution >= 0.6 is 11.6 Å². The zero-order valence-corrected chi connectivity index (χ0v) is 9.61. The Morgan fingerprint density at radius 1 is 1.21 bits per heavy atom. The molecule has 1 aromatic carbocycles. The van der Waals surface area contributed by atoms with Gasteiger partial charge in [0.05, 0.1) is 11.0 Å². The van der Waals surface area contributed by atoms with Crippen molar-refractivity contribution in [1.29, 1.82) is 0 Å². The Morgan fingerprint density at radius 3 is 2.50 bits per heavy atom. The number of fused-ring (bicyclic) bond motifs is 1. The van der Waals surface area contributed by atoms with Crippen molar-refractivity contribution >= 4 is 22.6 Å². The Balaban J connectivity index is 2.98. The van der Waals surface area contributed by atoms with Crippen LogP contribution in [0.2, 0.25) is 5.02 Å². The van der Waals surface area contributed by atoms with Crippen molar-refractivity contribution in [2.45, 2.75) is 20.8 Å². The maximum absolute atomic E-state index is 6.13. The molecule has 0 fully saturated rings. The Labute approximate surface area is 88.5 Å². The van der Waals surface area contributed by atoms with Gasteiger partial charge < -0.3 is 4.57 Å². The van der Waals surface area contributed by atoms with E-state index in [1.165, 1.54) is 5.56 Å². The Kier molecular flexibility index (Phi) is 2.04. The molecule has 1 heterocycles. The standard InChI is InChI=1S/C11H13ClN2/c1-6-7(2)11-10(5-9(6)12)14(4)8(3)13-11/h5H,1-4H3. The lowest BCUT2D eigenvalue weighted by atomic mass is 10.1. The van der Waals surface area contributed by atoms with Crippen molar-refractivity contribution in [2.24, 2.45) is 7.05 Å². The molecular formula is C11H13ClN2. The van der Waals surface area contributed by atoms with Crippen LogP contribution in [-0.4, -0.2) is 9.55 Å². The highest BCUT2D eigenvalue weighted by atomic mass is 35.5. The van der Waals surface area contributed by atoms with Crippen LogP contribution in [0.3, 0.4) is 0 Å². The van der Waals surface area contributed by atoms with E-state index >= 15 is 0 Å². The lowest BCUT2D eigenvalue weighted by Gasteiger charge is -2.04. The van der Waals surface area contributed by atoms with Crippen molar-refractivity contribution in [3.05, 3.63) is 28.0 Å². The van der Waals surface area contributed by atoms with Gasteiger partial charge in [-0.05, 0) is 38.0 Å². The number of rotatable bonds is 0. The summed E-state index contributed by atoms with van der Waals surface area (Å²) in [5, 5.41) is 0.818. The van der Waals surface area contributed by atoms with Gasteiger partial charge in [0.15, 0.2) is 0 Å². The second-order valence-corrected chi connectivity index (χ2v) is 4.10. The van der Waals surface area contributed by atoms with Crippen LogP contribution in [0.15, 0.2) is 6.07 Å². The number of benzene rings is 1. The smallest absolute Gasteiger partial charge is 0.106 e. The summed E-state index contributed by atoms with van der Waals surface area (Å²) >= 11 is 6.13. The van der Waals surface area contributed by atoms with Crippen LogP contribution in [-0.2, 0) is 7.05 Å². The number of nitrogens with zero attached hydrogens (tertiary/aromatic N) is 2. The van der Waals surface area contributed by atoms with E-state index in [4.69, 9.17) is 11.6 Å².